The molecule has 24 heavy (non-hydrogen) atoms. The molecular formula is C16H20N4O3S. The highest BCUT2D eigenvalue weighted by molar-refractivity contribution is 7.18. The molecular weight excluding hydrogens is 328 g/mol. The second-order valence-corrected chi connectivity index (χ2v) is 7.59. The number of anilines is 1. The van der Waals surface area contributed by atoms with Gasteiger partial charge in [0.05, 0.1) is 18.6 Å². The van der Waals surface area contributed by atoms with Crippen LogP contribution in [0.2, 0.25) is 0 Å². The summed E-state index contributed by atoms with van der Waals surface area (Å²) in [4.78, 5) is 24.2. The van der Waals surface area contributed by atoms with E-state index >= 15 is 0 Å². The molecule has 2 fully saturated rings. The van der Waals surface area contributed by atoms with Gasteiger partial charge in [-0.05, 0) is 25.3 Å². The summed E-state index contributed by atoms with van der Waals surface area (Å²) >= 11 is 1.72. The van der Waals surface area contributed by atoms with Crippen LogP contribution in [0.25, 0.3) is 10.2 Å². The van der Waals surface area contributed by atoms with Crippen molar-refractivity contribution in [1.82, 2.24) is 15.3 Å². The van der Waals surface area contributed by atoms with Crippen molar-refractivity contribution in [3.05, 3.63) is 17.3 Å². The van der Waals surface area contributed by atoms with E-state index in [1.54, 1.807) is 17.7 Å². The van der Waals surface area contributed by atoms with E-state index in [0.29, 0.717) is 5.92 Å². The van der Waals surface area contributed by atoms with Gasteiger partial charge in [-0.1, -0.05) is 0 Å². The number of aromatic nitrogens is 2. The second kappa shape index (κ2) is 6.18. The van der Waals surface area contributed by atoms with Crippen molar-refractivity contribution in [2.24, 2.45) is 0 Å². The summed E-state index contributed by atoms with van der Waals surface area (Å²) in [5, 5.41) is 12.6. The number of hydrogen-bond donors (Lipinski definition) is 2. The molecule has 8 heteroatoms. The Hall–Kier alpha value is -1.93. The van der Waals surface area contributed by atoms with Gasteiger partial charge < -0.3 is 20.1 Å². The van der Waals surface area contributed by atoms with Crippen molar-refractivity contribution in [2.75, 3.05) is 25.2 Å². The van der Waals surface area contributed by atoms with Crippen LogP contribution >= 0.6 is 11.3 Å². The van der Waals surface area contributed by atoms with Crippen molar-refractivity contribution in [1.29, 1.82) is 0 Å². The molecule has 2 atom stereocenters. The maximum absolute atomic E-state index is 10.8. The Morgan fingerprint density at radius 3 is 2.96 bits per heavy atom. The molecule has 2 aliphatic rings. The third-order valence-electron chi connectivity index (χ3n) is 4.98. The van der Waals surface area contributed by atoms with Gasteiger partial charge in [-0.2, -0.15) is 0 Å². The minimum absolute atomic E-state index is 0.0254. The summed E-state index contributed by atoms with van der Waals surface area (Å²) in [5.41, 5.74) is 0. The van der Waals surface area contributed by atoms with Crippen LogP contribution in [0.4, 0.5) is 10.6 Å². The molecule has 2 aromatic heterocycles. The smallest absolute Gasteiger partial charge is 0.404 e. The highest BCUT2D eigenvalue weighted by Gasteiger charge is 2.30. The van der Waals surface area contributed by atoms with Gasteiger partial charge in [-0.15, -0.1) is 11.3 Å². The molecule has 0 aromatic carbocycles. The number of nitrogens with zero attached hydrogens (tertiary/aromatic N) is 3. The van der Waals surface area contributed by atoms with Crippen LogP contribution < -0.4 is 10.2 Å². The van der Waals surface area contributed by atoms with E-state index < -0.39 is 6.09 Å². The molecule has 2 N–H and O–H groups in total. The first-order valence-corrected chi connectivity index (χ1v) is 8.98. The lowest BCUT2D eigenvalue weighted by Crippen LogP contribution is -2.35. The zero-order valence-electron chi connectivity index (χ0n) is 13.4. The topological polar surface area (TPSA) is 87.6 Å². The van der Waals surface area contributed by atoms with E-state index in [1.165, 1.54) is 4.88 Å². The van der Waals surface area contributed by atoms with Crippen molar-refractivity contribution in [3.63, 3.8) is 0 Å². The van der Waals surface area contributed by atoms with E-state index in [-0.39, 0.29) is 12.1 Å². The largest absolute Gasteiger partial charge is 0.465 e. The summed E-state index contributed by atoms with van der Waals surface area (Å²) < 4.78 is 5.29. The summed E-state index contributed by atoms with van der Waals surface area (Å²) in [7, 11) is 2.04. The average molecular weight is 348 g/mol. The number of carbonyl (C=O) groups is 1. The van der Waals surface area contributed by atoms with Gasteiger partial charge in [0, 0.05) is 29.9 Å². The number of ether oxygens (including phenoxy) is 1. The first kappa shape index (κ1) is 15.6. The van der Waals surface area contributed by atoms with Crippen LogP contribution in [-0.2, 0) is 4.74 Å². The van der Waals surface area contributed by atoms with E-state index in [1.807, 2.05) is 7.05 Å². The molecule has 1 saturated carbocycles. The van der Waals surface area contributed by atoms with E-state index in [0.717, 1.165) is 48.5 Å². The van der Waals surface area contributed by atoms with Crippen molar-refractivity contribution in [2.45, 2.75) is 37.3 Å². The standard InChI is InChI=1S/C16H20N4O3S/c1-20(11-3-2-10(4-11)19-16(21)22)14-12-5-13(9-6-23-7-9)24-15(12)18-8-17-14/h5,8-11,19H,2-4,6-7H2,1H3,(H,21,22)/t10-,11+/m0/s1. The molecule has 1 aliphatic carbocycles. The maximum Gasteiger partial charge on any atom is 0.404 e. The van der Waals surface area contributed by atoms with Crippen LogP contribution in [0.5, 0.6) is 0 Å². The molecule has 0 radical (unpaired) electrons. The van der Waals surface area contributed by atoms with Crippen LogP contribution in [0, 0.1) is 0 Å². The minimum Gasteiger partial charge on any atom is -0.465 e. The van der Waals surface area contributed by atoms with Crippen molar-refractivity contribution in [3.8, 4) is 0 Å². The van der Waals surface area contributed by atoms with Gasteiger partial charge in [0.1, 0.15) is 17.0 Å². The second-order valence-electron chi connectivity index (χ2n) is 6.52. The zero-order chi connectivity index (χ0) is 16.7. The van der Waals surface area contributed by atoms with Crippen LogP contribution in [0.15, 0.2) is 12.4 Å². The predicted molar refractivity (Wildman–Crippen MR) is 92.0 cm³/mol. The predicted octanol–water partition coefficient (Wildman–Crippen LogP) is 2.43. The van der Waals surface area contributed by atoms with Gasteiger partial charge in [0.2, 0.25) is 0 Å². The maximum atomic E-state index is 10.8. The van der Waals surface area contributed by atoms with Crippen LogP contribution in [-0.4, -0.2) is 53.5 Å². The molecule has 7 nitrogen and oxygen atoms in total. The normalized spacial score (nSPS) is 24.0. The molecule has 128 valence electrons. The molecule has 1 amide bonds. The molecule has 0 unspecified atom stereocenters. The Labute approximate surface area is 143 Å². The Balaban J connectivity index is 1.56. The van der Waals surface area contributed by atoms with E-state index in [2.05, 4.69) is 26.3 Å². The Kier molecular flexibility index (Phi) is 4.01. The Morgan fingerprint density at radius 2 is 2.25 bits per heavy atom. The van der Waals surface area contributed by atoms with Crippen molar-refractivity contribution >= 4 is 33.5 Å². The van der Waals surface area contributed by atoms with Gasteiger partial charge >= 0.3 is 6.09 Å². The third kappa shape index (κ3) is 2.80. The first-order valence-electron chi connectivity index (χ1n) is 8.16. The molecule has 1 aliphatic heterocycles. The fourth-order valence-corrected chi connectivity index (χ4v) is 4.59. The monoisotopic (exact) mass is 348 g/mol. The molecule has 2 aromatic rings. The number of amides is 1. The number of nitrogens with one attached hydrogen (secondary N) is 1. The lowest BCUT2D eigenvalue weighted by atomic mass is 10.1. The minimum atomic E-state index is -0.946. The van der Waals surface area contributed by atoms with Gasteiger partial charge in [0.15, 0.2) is 0 Å². The molecule has 0 spiro atoms. The molecule has 3 heterocycles. The highest BCUT2D eigenvalue weighted by atomic mass is 32.1. The number of hydrogen-bond acceptors (Lipinski definition) is 6. The van der Waals surface area contributed by atoms with Crippen LogP contribution in [0.3, 0.4) is 0 Å². The lowest BCUT2D eigenvalue weighted by Gasteiger charge is -2.26. The van der Waals surface area contributed by atoms with Gasteiger partial charge in [-0.3, -0.25) is 0 Å². The average Bonchev–Trinajstić information content (AvgIpc) is 3.10. The van der Waals surface area contributed by atoms with E-state index in [4.69, 9.17) is 9.84 Å². The number of fused-ring (bicyclic) bond motifs is 1. The number of thiophene rings is 1. The number of carboxylic acid groups (broad SMARTS) is 1. The molecule has 1 saturated heterocycles. The van der Waals surface area contributed by atoms with Gasteiger partial charge in [-0.25, -0.2) is 14.8 Å². The fraction of sp³-hybridized carbons (Fsp3) is 0.562. The molecule has 4 rings (SSSR count). The van der Waals surface area contributed by atoms with E-state index in [9.17, 15) is 4.79 Å². The van der Waals surface area contributed by atoms with Gasteiger partial charge in [0.25, 0.3) is 0 Å². The summed E-state index contributed by atoms with van der Waals surface area (Å²) in [5.74, 6) is 1.42. The Morgan fingerprint density at radius 1 is 1.42 bits per heavy atom. The SMILES string of the molecule is CN(c1ncnc2sc(C3COC3)cc12)[C@@H]1CC[C@H](NC(=O)O)C1. The lowest BCUT2D eigenvalue weighted by molar-refractivity contribution is 0.00991. The third-order valence-corrected chi connectivity index (χ3v) is 6.19. The summed E-state index contributed by atoms with van der Waals surface area (Å²) in [6.45, 7) is 1.58. The summed E-state index contributed by atoms with van der Waals surface area (Å²) in [6.07, 6.45) is 3.30. The molecule has 0 bridgehead atoms. The fourth-order valence-electron chi connectivity index (χ4n) is 3.53. The van der Waals surface area contributed by atoms with Crippen molar-refractivity contribution < 1.29 is 14.6 Å². The quantitative estimate of drug-likeness (QED) is 0.882. The first-order chi connectivity index (χ1) is 11.6. The number of rotatable bonds is 4. The highest BCUT2D eigenvalue weighted by Crippen LogP contribution is 2.38. The summed E-state index contributed by atoms with van der Waals surface area (Å²) in [6, 6.07) is 2.51. The zero-order valence-corrected chi connectivity index (χ0v) is 14.3. The Bertz CT molecular complexity index is 761. The van der Waals surface area contributed by atoms with Crippen LogP contribution in [0.1, 0.15) is 30.1 Å².